The lowest BCUT2D eigenvalue weighted by Gasteiger charge is -2.01. The van der Waals surface area contributed by atoms with Gasteiger partial charge in [0.25, 0.3) is 5.69 Å². The average molecular weight is 277 g/mol. The summed E-state index contributed by atoms with van der Waals surface area (Å²) in [5.41, 5.74) is 0.592. The van der Waals surface area contributed by atoms with Gasteiger partial charge in [-0.25, -0.2) is 4.79 Å². The van der Waals surface area contributed by atoms with Crippen LogP contribution >= 0.6 is 0 Å². The molecule has 2 heterocycles. The Labute approximate surface area is 113 Å². The Balaban J connectivity index is 2.06. The largest absolute Gasteiger partial charge is 0.459 e. The Morgan fingerprint density at radius 2 is 2.05 bits per heavy atom. The van der Waals surface area contributed by atoms with Crippen molar-refractivity contribution in [3.05, 3.63) is 33.4 Å². The molecule has 1 fully saturated rings. The second-order valence-electron chi connectivity index (χ2n) is 4.61. The van der Waals surface area contributed by atoms with E-state index in [1.807, 2.05) is 0 Å². The minimum Gasteiger partial charge on any atom is -0.459 e. The molecule has 0 spiro atoms. The molecule has 0 radical (unpaired) electrons. The third-order valence-corrected chi connectivity index (χ3v) is 3.13. The molecule has 0 amide bonds. The highest BCUT2D eigenvalue weighted by atomic mass is 16.7. The second-order valence-corrected chi connectivity index (χ2v) is 4.61. The maximum atomic E-state index is 11.6. The molecule has 0 aliphatic carbocycles. The van der Waals surface area contributed by atoms with Crippen molar-refractivity contribution in [3.63, 3.8) is 0 Å². The lowest BCUT2D eigenvalue weighted by atomic mass is 10.1. The molecule has 0 bridgehead atoms. The van der Waals surface area contributed by atoms with E-state index in [9.17, 15) is 14.9 Å². The summed E-state index contributed by atoms with van der Waals surface area (Å²) < 4.78 is 15.3. The zero-order valence-electron chi connectivity index (χ0n) is 10.6. The first kappa shape index (κ1) is 12.5. The van der Waals surface area contributed by atoms with E-state index in [0.29, 0.717) is 29.1 Å². The minimum absolute atomic E-state index is 0.0333. The molecule has 0 aromatic heterocycles. The first-order valence-corrected chi connectivity index (χ1v) is 6.04. The molecule has 7 heteroatoms. The number of hydrogen-bond acceptors (Lipinski definition) is 6. The summed E-state index contributed by atoms with van der Waals surface area (Å²) in [7, 11) is 0. The maximum Gasteiger partial charge on any atom is 0.334 e. The van der Waals surface area contributed by atoms with Crippen molar-refractivity contribution in [2.45, 2.75) is 19.4 Å². The smallest absolute Gasteiger partial charge is 0.334 e. The van der Waals surface area contributed by atoms with Crippen molar-refractivity contribution in [1.82, 2.24) is 0 Å². The van der Waals surface area contributed by atoms with Crippen molar-refractivity contribution in [2.24, 2.45) is 0 Å². The van der Waals surface area contributed by atoms with Crippen molar-refractivity contribution >= 4 is 17.7 Å². The van der Waals surface area contributed by atoms with Gasteiger partial charge in [-0.2, -0.15) is 0 Å². The number of esters is 1. The quantitative estimate of drug-likeness (QED) is 0.356. The predicted octanol–water partition coefficient (Wildman–Crippen LogP) is 2.04. The molecule has 0 N–H and O–H groups in total. The number of nitro groups is 1. The van der Waals surface area contributed by atoms with Gasteiger partial charge in [0, 0.05) is 12.0 Å². The summed E-state index contributed by atoms with van der Waals surface area (Å²) in [6, 6.07) is 2.81. The summed E-state index contributed by atoms with van der Waals surface area (Å²) in [4.78, 5) is 22.2. The van der Waals surface area contributed by atoms with E-state index in [0.717, 1.165) is 0 Å². The molecule has 1 unspecified atom stereocenters. The van der Waals surface area contributed by atoms with Gasteiger partial charge in [0.1, 0.15) is 6.10 Å². The highest BCUT2D eigenvalue weighted by Gasteiger charge is 2.28. The van der Waals surface area contributed by atoms with Gasteiger partial charge < -0.3 is 14.2 Å². The normalized spacial score (nSPS) is 22.1. The lowest BCUT2D eigenvalue weighted by Crippen LogP contribution is -1.99. The van der Waals surface area contributed by atoms with E-state index >= 15 is 0 Å². The minimum atomic E-state index is -0.516. The summed E-state index contributed by atoms with van der Waals surface area (Å²) in [5.74, 6) is 0.326. The molecule has 1 aromatic carbocycles. The van der Waals surface area contributed by atoms with Crippen LogP contribution in [0, 0.1) is 10.1 Å². The van der Waals surface area contributed by atoms with Gasteiger partial charge in [-0.1, -0.05) is 0 Å². The van der Waals surface area contributed by atoms with Crippen LogP contribution in [0.5, 0.6) is 11.5 Å². The molecule has 20 heavy (non-hydrogen) atoms. The summed E-state index contributed by atoms with van der Waals surface area (Å²) >= 11 is 0. The number of benzene rings is 1. The Hall–Kier alpha value is -2.57. The molecule has 1 atom stereocenters. The Bertz CT molecular complexity index is 636. The van der Waals surface area contributed by atoms with E-state index in [-0.39, 0.29) is 18.6 Å². The summed E-state index contributed by atoms with van der Waals surface area (Å²) in [5, 5.41) is 11.1. The fourth-order valence-corrected chi connectivity index (χ4v) is 2.22. The van der Waals surface area contributed by atoms with Crippen molar-refractivity contribution in [1.29, 1.82) is 0 Å². The zero-order valence-corrected chi connectivity index (χ0v) is 10.6. The van der Waals surface area contributed by atoms with Crippen LogP contribution in [-0.2, 0) is 9.53 Å². The molecule has 1 aromatic rings. The van der Waals surface area contributed by atoms with Gasteiger partial charge in [0.05, 0.1) is 16.6 Å². The van der Waals surface area contributed by atoms with E-state index in [2.05, 4.69) is 0 Å². The molecule has 1 saturated heterocycles. The van der Waals surface area contributed by atoms with E-state index in [1.165, 1.54) is 18.2 Å². The molecular weight excluding hydrogens is 266 g/mol. The second kappa shape index (κ2) is 4.52. The zero-order chi connectivity index (χ0) is 14.3. The molecule has 2 aliphatic rings. The first-order valence-electron chi connectivity index (χ1n) is 6.04. The fourth-order valence-electron chi connectivity index (χ4n) is 2.22. The SMILES string of the molecule is CC1CC(=Cc2cc3c(cc2[N+](=O)[O-])OCO3)C(=O)O1. The van der Waals surface area contributed by atoms with Gasteiger partial charge in [-0.3, -0.25) is 10.1 Å². The number of rotatable bonds is 2. The van der Waals surface area contributed by atoms with Gasteiger partial charge >= 0.3 is 5.97 Å². The first-order chi connectivity index (χ1) is 9.54. The molecule has 0 saturated carbocycles. The van der Waals surface area contributed by atoms with Crippen LogP contribution in [0.15, 0.2) is 17.7 Å². The third kappa shape index (κ3) is 2.07. The standard InChI is InChI=1S/C13H11NO6/c1-7-2-9(13(15)20-7)3-8-4-11-12(19-6-18-11)5-10(8)14(16)17/h3-5,7H,2,6H2,1H3. The number of nitro benzene ring substituents is 1. The number of hydrogen-bond donors (Lipinski definition) is 0. The number of nitrogens with zero attached hydrogens (tertiary/aromatic N) is 1. The van der Waals surface area contributed by atoms with Crippen molar-refractivity contribution in [3.8, 4) is 11.5 Å². The predicted molar refractivity (Wildman–Crippen MR) is 67.4 cm³/mol. The summed E-state index contributed by atoms with van der Waals surface area (Å²) in [6.07, 6.45) is 1.71. The Morgan fingerprint density at radius 3 is 2.65 bits per heavy atom. The number of carbonyl (C=O) groups excluding carboxylic acids is 1. The van der Waals surface area contributed by atoms with Crippen LogP contribution in [0.25, 0.3) is 6.08 Å². The highest BCUT2D eigenvalue weighted by molar-refractivity contribution is 5.96. The number of cyclic esters (lactones) is 1. The lowest BCUT2D eigenvalue weighted by molar-refractivity contribution is -0.385. The number of carbonyl (C=O) groups is 1. The van der Waals surface area contributed by atoms with E-state index in [4.69, 9.17) is 14.2 Å². The van der Waals surface area contributed by atoms with Gasteiger partial charge in [0.15, 0.2) is 11.5 Å². The topological polar surface area (TPSA) is 87.9 Å². The molecule has 3 rings (SSSR count). The average Bonchev–Trinajstić information content (AvgIpc) is 2.94. The van der Waals surface area contributed by atoms with E-state index in [1.54, 1.807) is 6.92 Å². The van der Waals surface area contributed by atoms with Crippen molar-refractivity contribution < 1.29 is 23.9 Å². The number of ether oxygens (including phenoxy) is 3. The Morgan fingerprint density at radius 1 is 1.35 bits per heavy atom. The molecule has 104 valence electrons. The molecular formula is C13H11NO6. The van der Waals surface area contributed by atoms with Gasteiger partial charge in [-0.05, 0) is 19.1 Å². The van der Waals surface area contributed by atoms with Crippen LogP contribution in [0.4, 0.5) is 5.69 Å². The fraction of sp³-hybridized carbons (Fsp3) is 0.308. The third-order valence-electron chi connectivity index (χ3n) is 3.13. The highest BCUT2D eigenvalue weighted by Crippen LogP contribution is 2.39. The van der Waals surface area contributed by atoms with Crippen LogP contribution in [0.3, 0.4) is 0 Å². The summed E-state index contributed by atoms with van der Waals surface area (Å²) in [6.45, 7) is 1.80. The van der Waals surface area contributed by atoms with Crippen LogP contribution in [0.2, 0.25) is 0 Å². The number of fused-ring (bicyclic) bond motifs is 1. The monoisotopic (exact) mass is 277 g/mol. The van der Waals surface area contributed by atoms with Crippen LogP contribution in [0.1, 0.15) is 18.9 Å². The van der Waals surface area contributed by atoms with Gasteiger partial charge in [0.2, 0.25) is 6.79 Å². The van der Waals surface area contributed by atoms with Crippen LogP contribution in [-0.4, -0.2) is 23.8 Å². The van der Waals surface area contributed by atoms with Crippen molar-refractivity contribution in [2.75, 3.05) is 6.79 Å². The molecule has 2 aliphatic heterocycles. The van der Waals surface area contributed by atoms with E-state index < -0.39 is 10.9 Å². The Kier molecular flexibility index (Phi) is 2.81. The van der Waals surface area contributed by atoms with Gasteiger partial charge in [-0.15, -0.1) is 0 Å². The maximum absolute atomic E-state index is 11.6. The molecule has 7 nitrogen and oxygen atoms in total. The van der Waals surface area contributed by atoms with Crippen LogP contribution < -0.4 is 9.47 Å².